The lowest BCUT2D eigenvalue weighted by Gasteiger charge is -2.37. The van der Waals surface area contributed by atoms with Crippen LogP contribution in [0.15, 0.2) is 22.7 Å². The summed E-state index contributed by atoms with van der Waals surface area (Å²) in [4.78, 5) is 12.8. The summed E-state index contributed by atoms with van der Waals surface area (Å²) >= 11 is 3.59. The van der Waals surface area contributed by atoms with Crippen LogP contribution in [0.25, 0.3) is 0 Å². The van der Waals surface area contributed by atoms with Gasteiger partial charge in [0, 0.05) is 0 Å². The van der Waals surface area contributed by atoms with Crippen LogP contribution >= 0.6 is 15.9 Å². The Bertz CT molecular complexity index is 748. The third-order valence-electron chi connectivity index (χ3n) is 8.69. The smallest absolute Gasteiger partial charge is 0.338 e. The normalized spacial score (nSPS) is 24.4. The van der Waals surface area contributed by atoms with E-state index in [1.807, 2.05) is 18.2 Å². The highest BCUT2D eigenvalue weighted by molar-refractivity contribution is 9.10. The molecule has 0 bridgehead atoms. The zero-order valence-electron chi connectivity index (χ0n) is 23.1. The molecule has 3 rings (SSSR count). The fraction of sp³-hybridized carbons (Fsp3) is 0.781. The molecule has 0 aromatic heterocycles. The summed E-state index contributed by atoms with van der Waals surface area (Å²) in [6, 6.07) is 5.59. The van der Waals surface area contributed by atoms with Gasteiger partial charge in [-0.3, -0.25) is 0 Å². The summed E-state index contributed by atoms with van der Waals surface area (Å²) in [7, 11) is 0. The predicted octanol–water partition coefficient (Wildman–Crippen LogP) is 10.3. The highest BCUT2D eigenvalue weighted by atomic mass is 79.9. The number of unbranched alkanes of at least 4 members (excludes halogenated alkanes) is 7. The molecule has 204 valence electrons. The summed E-state index contributed by atoms with van der Waals surface area (Å²) in [6.07, 6.45) is 23.3. The van der Waals surface area contributed by atoms with Gasteiger partial charge in [-0.05, 0) is 96.8 Å². The Kier molecular flexibility index (Phi) is 13.7. The zero-order chi connectivity index (χ0) is 25.6. The summed E-state index contributed by atoms with van der Waals surface area (Å²) in [5.74, 6) is 3.34. The Hall–Kier alpha value is -1.03. The van der Waals surface area contributed by atoms with E-state index in [1.165, 1.54) is 96.3 Å². The van der Waals surface area contributed by atoms with Crippen LogP contribution in [0.3, 0.4) is 0 Å². The van der Waals surface area contributed by atoms with Crippen LogP contribution < -0.4 is 4.74 Å². The number of halogens is 1. The Morgan fingerprint density at radius 2 is 1.42 bits per heavy atom. The first-order valence-electron chi connectivity index (χ1n) is 15.2. The number of rotatable bonds is 15. The molecule has 0 amide bonds. The van der Waals surface area contributed by atoms with E-state index in [4.69, 9.17) is 9.47 Å². The zero-order valence-corrected chi connectivity index (χ0v) is 24.7. The second-order valence-electron chi connectivity index (χ2n) is 11.5. The first kappa shape index (κ1) is 29.5. The molecule has 3 nitrogen and oxygen atoms in total. The SMILES string of the molecule is CCCCCCCCCOc1ccc(C(=O)OC2CCC(C3CCC(CCCC)CC3)CC2)cc1Br. The molecule has 0 spiro atoms. The number of carbonyl (C=O) groups is 1. The van der Waals surface area contributed by atoms with Crippen molar-refractivity contribution in [2.45, 2.75) is 136 Å². The van der Waals surface area contributed by atoms with Gasteiger partial charge < -0.3 is 9.47 Å². The third-order valence-corrected chi connectivity index (χ3v) is 9.31. The molecule has 1 aromatic carbocycles. The molecule has 0 heterocycles. The molecule has 2 fully saturated rings. The molecule has 4 heteroatoms. The first-order chi connectivity index (χ1) is 17.6. The van der Waals surface area contributed by atoms with E-state index in [0.29, 0.717) is 5.56 Å². The van der Waals surface area contributed by atoms with Crippen molar-refractivity contribution in [3.8, 4) is 5.75 Å². The number of esters is 1. The van der Waals surface area contributed by atoms with E-state index in [1.54, 1.807) is 0 Å². The molecule has 2 saturated carbocycles. The molecular weight excluding hydrogens is 512 g/mol. The van der Waals surface area contributed by atoms with Gasteiger partial charge in [-0.15, -0.1) is 0 Å². The minimum atomic E-state index is -0.200. The maximum absolute atomic E-state index is 12.8. The van der Waals surface area contributed by atoms with Gasteiger partial charge in [-0.25, -0.2) is 4.79 Å². The molecule has 0 atom stereocenters. The number of hydrogen-bond acceptors (Lipinski definition) is 3. The topological polar surface area (TPSA) is 35.5 Å². The molecule has 1 aromatic rings. The molecule has 36 heavy (non-hydrogen) atoms. The first-order valence-corrected chi connectivity index (χ1v) is 16.0. The molecule has 2 aliphatic carbocycles. The van der Waals surface area contributed by atoms with Crippen LogP contribution in [0.2, 0.25) is 0 Å². The predicted molar refractivity (Wildman–Crippen MR) is 154 cm³/mol. The van der Waals surface area contributed by atoms with Crippen LogP contribution in [0.5, 0.6) is 5.75 Å². The largest absolute Gasteiger partial charge is 0.492 e. The summed E-state index contributed by atoms with van der Waals surface area (Å²) in [6.45, 7) is 5.28. The van der Waals surface area contributed by atoms with Crippen molar-refractivity contribution >= 4 is 21.9 Å². The Balaban J connectivity index is 1.33. The molecule has 0 N–H and O–H groups in total. The standard InChI is InChI=1S/C32H51BrO3/c1-3-5-7-8-9-10-11-23-35-31-22-19-28(24-30(31)33)32(34)36-29-20-17-27(18-21-29)26-15-13-25(14-16-26)12-6-4-2/h19,22,24-27,29H,3-18,20-21,23H2,1-2H3. The van der Waals surface area contributed by atoms with E-state index in [-0.39, 0.29) is 12.1 Å². The van der Waals surface area contributed by atoms with Gasteiger partial charge >= 0.3 is 5.97 Å². The average Bonchev–Trinajstić information content (AvgIpc) is 2.90. The summed E-state index contributed by atoms with van der Waals surface area (Å²) in [5.41, 5.74) is 0.609. The number of hydrogen-bond donors (Lipinski definition) is 0. The van der Waals surface area contributed by atoms with Crippen molar-refractivity contribution < 1.29 is 14.3 Å². The lowest BCUT2D eigenvalue weighted by Crippen LogP contribution is -2.29. The number of carbonyl (C=O) groups excluding carboxylic acids is 1. The maximum atomic E-state index is 12.8. The van der Waals surface area contributed by atoms with Gasteiger partial charge in [-0.1, -0.05) is 84.5 Å². The van der Waals surface area contributed by atoms with Crippen LogP contribution in [-0.2, 0) is 4.74 Å². The quantitative estimate of drug-likeness (QED) is 0.157. The van der Waals surface area contributed by atoms with Crippen LogP contribution in [0, 0.1) is 17.8 Å². The molecule has 0 saturated heterocycles. The molecule has 0 aliphatic heterocycles. The Morgan fingerprint density at radius 1 is 0.806 bits per heavy atom. The van der Waals surface area contributed by atoms with Crippen molar-refractivity contribution in [3.63, 3.8) is 0 Å². The van der Waals surface area contributed by atoms with Gasteiger partial charge in [0.05, 0.1) is 16.6 Å². The number of ether oxygens (including phenoxy) is 2. The Morgan fingerprint density at radius 3 is 2.06 bits per heavy atom. The van der Waals surface area contributed by atoms with Crippen molar-refractivity contribution in [1.82, 2.24) is 0 Å². The van der Waals surface area contributed by atoms with Crippen molar-refractivity contribution in [2.24, 2.45) is 17.8 Å². The highest BCUT2D eigenvalue weighted by Crippen LogP contribution is 2.41. The van der Waals surface area contributed by atoms with Gasteiger partial charge in [0.1, 0.15) is 11.9 Å². The van der Waals surface area contributed by atoms with Crippen molar-refractivity contribution in [2.75, 3.05) is 6.61 Å². The van der Waals surface area contributed by atoms with E-state index in [0.717, 1.165) is 53.8 Å². The van der Waals surface area contributed by atoms with Crippen LogP contribution in [-0.4, -0.2) is 18.7 Å². The summed E-state index contributed by atoms with van der Waals surface area (Å²) in [5, 5.41) is 0. The van der Waals surface area contributed by atoms with Gasteiger partial charge in [0.15, 0.2) is 0 Å². The van der Waals surface area contributed by atoms with E-state index in [9.17, 15) is 4.79 Å². The van der Waals surface area contributed by atoms with Gasteiger partial charge in [-0.2, -0.15) is 0 Å². The molecular formula is C32H51BrO3. The third kappa shape index (κ3) is 10.0. The highest BCUT2D eigenvalue weighted by Gasteiger charge is 2.32. The van der Waals surface area contributed by atoms with Crippen molar-refractivity contribution in [1.29, 1.82) is 0 Å². The molecule has 0 unspecified atom stereocenters. The number of benzene rings is 1. The maximum Gasteiger partial charge on any atom is 0.338 e. The molecule has 0 radical (unpaired) electrons. The van der Waals surface area contributed by atoms with E-state index in [2.05, 4.69) is 29.8 Å². The fourth-order valence-corrected chi connectivity index (χ4v) is 6.82. The monoisotopic (exact) mass is 562 g/mol. The van der Waals surface area contributed by atoms with E-state index >= 15 is 0 Å². The Labute approximate surface area is 229 Å². The second kappa shape index (κ2) is 16.7. The lowest BCUT2D eigenvalue weighted by atomic mass is 9.70. The lowest BCUT2D eigenvalue weighted by molar-refractivity contribution is 0.0109. The van der Waals surface area contributed by atoms with Gasteiger partial charge in [0.2, 0.25) is 0 Å². The van der Waals surface area contributed by atoms with E-state index < -0.39 is 0 Å². The van der Waals surface area contributed by atoms with Gasteiger partial charge in [0.25, 0.3) is 0 Å². The molecule has 2 aliphatic rings. The van der Waals surface area contributed by atoms with Crippen molar-refractivity contribution in [3.05, 3.63) is 28.2 Å². The van der Waals surface area contributed by atoms with Crippen LogP contribution in [0.4, 0.5) is 0 Å². The minimum absolute atomic E-state index is 0.0710. The minimum Gasteiger partial charge on any atom is -0.492 e. The second-order valence-corrected chi connectivity index (χ2v) is 12.3. The van der Waals surface area contributed by atoms with Crippen LogP contribution in [0.1, 0.15) is 140 Å². The fourth-order valence-electron chi connectivity index (χ4n) is 6.32. The average molecular weight is 564 g/mol. The summed E-state index contributed by atoms with van der Waals surface area (Å²) < 4.78 is 12.7.